The van der Waals surface area contributed by atoms with Gasteiger partial charge in [-0.25, -0.2) is 0 Å². The number of amides is 1. The Balaban J connectivity index is 2.04. The van der Waals surface area contributed by atoms with Crippen molar-refractivity contribution in [2.75, 3.05) is 20.8 Å². The van der Waals surface area contributed by atoms with E-state index in [1.807, 2.05) is 0 Å². The molecule has 0 spiro atoms. The lowest BCUT2D eigenvalue weighted by atomic mass is 9.95. The molecule has 9 heteroatoms. The molecule has 0 radical (unpaired) electrons. The smallest absolute Gasteiger partial charge is 0.303 e. The van der Waals surface area contributed by atoms with E-state index in [4.69, 9.17) is 14.6 Å². The maximum Gasteiger partial charge on any atom is 0.303 e. The number of methoxy groups -OCH3 is 2. The van der Waals surface area contributed by atoms with Gasteiger partial charge in [0.05, 0.1) is 25.8 Å². The first-order valence-corrected chi connectivity index (χ1v) is 11.6. The number of aliphatic hydroxyl groups excluding tert-OH is 1. The number of rotatable bonds is 10. The minimum Gasteiger partial charge on any atom is -0.507 e. The van der Waals surface area contributed by atoms with E-state index in [1.54, 1.807) is 42.5 Å². The molecule has 8 nitrogen and oxygen atoms in total. The Morgan fingerprint density at radius 2 is 1.65 bits per heavy atom. The largest absolute Gasteiger partial charge is 0.507 e. The van der Waals surface area contributed by atoms with Gasteiger partial charge in [-0.05, 0) is 42.7 Å². The molecule has 3 rings (SSSR count). The van der Waals surface area contributed by atoms with E-state index < -0.39 is 23.7 Å². The molecule has 180 valence electrons. The average molecular weight is 532 g/mol. The van der Waals surface area contributed by atoms with Crippen LogP contribution in [0.2, 0.25) is 0 Å². The summed E-state index contributed by atoms with van der Waals surface area (Å²) >= 11 is 3.35. The normalized spacial score (nSPS) is 17.1. The zero-order valence-electron chi connectivity index (χ0n) is 18.9. The first-order chi connectivity index (χ1) is 16.3. The van der Waals surface area contributed by atoms with E-state index in [9.17, 15) is 19.5 Å². The maximum atomic E-state index is 13.1. The van der Waals surface area contributed by atoms with Gasteiger partial charge in [-0.1, -0.05) is 40.5 Å². The highest BCUT2D eigenvalue weighted by Crippen LogP contribution is 2.42. The highest BCUT2D eigenvalue weighted by atomic mass is 79.9. The van der Waals surface area contributed by atoms with Gasteiger partial charge >= 0.3 is 5.97 Å². The van der Waals surface area contributed by atoms with Gasteiger partial charge in [0.2, 0.25) is 0 Å². The zero-order valence-corrected chi connectivity index (χ0v) is 20.5. The molecule has 0 bridgehead atoms. The first kappa shape index (κ1) is 25.3. The van der Waals surface area contributed by atoms with Crippen LogP contribution in [-0.2, 0) is 14.4 Å². The SMILES string of the molecule is COc1ccc(C2/C(=C(\O)c3ccc(Br)cc3)C(=O)C(=O)N2CCCCCC(=O)O)cc1OC. The molecule has 0 aromatic heterocycles. The standard InChI is InChI=1S/C25H26BrNO7/c1-33-18-12-9-16(14-19(18)34-2)22-21(23(30)15-7-10-17(26)11-8-15)24(31)25(32)27(22)13-5-3-4-6-20(28)29/h7-12,14,22,30H,3-6,13H2,1-2H3,(H,28,29)/b23-21+. The summed E-state index contributed by atoms with van der Waals surface area (Å²) in [6, 6.07) is 11.0. The highest BCUT2D eigenvalue weighted by molar-refractivity contribution is 9.10. The molecule has 34 heavy (non-hydrogen) atoms. The van der Waals surface area contributed by atoms with Gasteiger partial charge in [0.15, 0.2) is 11.5 Å². The summed E-state index contributed by atoms with van der Waals surface area (Å²) in [6.07, 6.45) is 1.61. The van der Waals surface area contributed by atoms with Gasteiger partial charge in [0.1, 0.15) is 5.76 Å². The van der Waals surface area contributed by atoms with Crippen LogP contribution in [0.5, 0.6) is 11.5 Å². The summed E-state index contributed by atoms with van der Waals surface area (Å²) in [5.74, 6) is -1.71. The fraction of sp³-hybridized carbons (Fsp3) is 0.320. The molecule has 1 atom stereocenters. The fourth-order valence-electron chi connectivity index (χ4n) is 3.98. The Morgan fingerprint density at radius 3 is 2.26 bits per heavy atom. The van der Waals surface area contributed by atoms with E-state index >= 15 is 0 Å². The molecular weight excluding hydrogens is 506 g/mol. The van der Waals surface area contributed by atoms with Crippen LogP contribution in [0.1, 0.15) is 42.9 Å². The topological polar surface area (TPSA) is 113 Å². The summed E-state index contributed by atoms with van der Waals surface area (Å²) in [5, 5.41) is 19.9. The number of benzene rings is 2. The number of hydrogen-bond donors (Lipinski definition) is 2. The Labute approximate surface area is 205 Å². The Bertz CT molecular complexity index is 1110. The third kappa shape index (κ3) is 5.41. The van der Waals surface area contributed by atoms with Crippen LogP contribution in [0.3, 0.4) is 0 Å². The lowest BCUT2D eigenvalue weighted by molar-refractivity contribution is -0.140. The van der Waals surface area contributed by atoms with Crippen LogP contribution >= 0.6 is 15.9 Å². The molecule has 1 fully saturated rings. The monoisotopic (exact) mass is 531 g/mol. The van der Waals surface area contributed by atoms with Crippen molar-refractivity contribution in [2.45, 2.75) is 31.7 Å². The molecule has 1 aliphatic heterocycles. The minimum atomic E-state index is -0.875. The lowest BCUT2D eigenvalue weighted by Crippen LogP contribution is -2.30. The third-order valence-corrected chi connectivity index (χ3v) is 6.20. The number of aliphatic hydroxyl groups is 1. The molecule has 0 aliphatic carbocycles. The predicted octanol–water partition coefficient (Wildman–Crippen LogP) is 4.53. The van der Waals surface area contributed by atoms with Gasteiger partial charge in [0, 0.05) is 23.0 Å². The number of carbonyl (C=O) groups excluding carboxylic acids is 2. The second kappa shape index (κ2) is 11.2. The van der Waals surface area contributed by atoms with E-state index in [0.717, 1.165) is 4.47 Å². The van der Waals surface area contributed by atoms with Crippen LogP contribution in [0.25, 0.3) is 5.76 Å². The Kier molecular flexibility index (Phi) is 8.33. The summed E-state index contributed by atoms with van der Waals surface area (Å²) in [6.45, 7) is 0.236. The number of unbranched alkanes of at least 4 members (excludes halogenated alkanes) is 2. The summed E-state index contributed by atoms with van der Waals surface area (Å²) in [7, 11) is 3.00. The molecule has 2 aromatic carbocycles. The van der Waals surface area contributed by atoms with Crippen molar-refractivity contribution in [1.82, 2.24) is 4.90 Å². The van der Waals surface area contributed by atoms with Crippen molar-refractivity contribution in [3.63, 3.8) is 0 Å². The van der Waals surface area contributed by atoms with Gasteiger partial charge < -0.3 is 24.6 Å². The van der Waals surface area contributed by atoms with E-state index in [1.165, 1.54) is 19.1 Å². The van der Waals surface area contributed by atoms with Crippen molar-refractivity contribution in [3.05, 3.63) is 63.6 Å². The van der Waals surface area contributed by atoms with Crippen molar-refractivity contribution in [1.29, 1.82) is 0 Å². The maximum absolute atomic E-state index is 13.1. The molecule has 2 N–H and O–H groups in total. The Morgan fingerprint density at radius 1 is 0.971 bits per heavy atom. The number of carboxylic acid groups (broad SMARTS) is 1. The van der Waals surface area contributed by atoms with Crippen LogP contribution in [-0.4, -0.2) is 53.5 Å². The second-order valence-electron chi connectivity index (χ2n) is 7.82. The summed E-state index contributed by atoms with van der Waals surface area (Å²) in [4.78, 5) is 38.3. The van der Waals surface area contributed by atoms with Gasteiger partial charge in [-0.3, -0.25) is 14.4 Å². The number of Topliss-reactive ketones (excluding diaryl/α,β-unsaturated/α-hetero) is 1. The van der Waals surface area contributed by atoms with Crippen LogP contribution in [0.15, 0.2) is 52.5 Å². The summed E-state index contributed by atoms with van der Waals surface area (Å²) < 4.78 is 11.5. The van der Waals surface area contributed by atoms with Gasteiger partial charge in [0.25, 0.3) is 11.7 Å². The molecule has 1 unspecified atom stereocenters. The van der Waals surface area contributed by atoms with Gasteiger partial charge in [-0.15, -0.1) is 0 Å². The quantitative estimate of drug-likeness (QED) is 0.200. The molecular formula is C25H26BrNO7. The highest BCUT2D eigenvalue weighted by Gasteiger charge is 2.46. The molecule has 2 aromatic rings. The van der Waals surface area contributed by atoms with Crippen LogP contribution in [0.4, 0.5) is 0 Å². The average Bonchev–Trinajstić information content (AvgIpc) is 3.08. The van der Waals surface area contributed by atoms with E-state index in [2.05, 4.69) is 15.9 Å². The van der Waals surface area contributed by atoms with E-state index in [0.29, 0.717) is 41.9 Å². The van der Waals surface area contributed by atoms with Crippen molar-refractivity contribution in [2.24, 2.45) is 0 Å². The number of hydrogen-bond acceptors (Lipinski definition) is 6. The second-order valence-corrected chi connectivity index (χ2v) is 8.73. The van der Waals surface area contributed by atoms with Gasteiger partial charge in [-0.2, -0.15) is 0 Å². The van der Waals surface area contributed by atoms with Crippen molar-refractivity contribution in [3.8, 4) is 11.5 Å². The van der Waals surface area contributed by atoms with Crippen molar-refractivity contribution < 1.29 is 34.1 Å². The molecule has 1 aliphatic rings. The number of ether oxygens (including phenoxy) is 2. The first-order valence-electron chi connectivity index (χ1n) is 10.8. The number of carboxylic acids is 1. The van der Waals surface area contributed by atoms with Crippen molar-refractivity contribution >= 4 is 39.3 Å². The lowest BCUT2D eigenvalue weighted by Gasteiger charge is -2.26. The number of nitrogens with zero attached hydrogens (tertiary/aromatic N) is 1. The summed E-state index contributed by atoms with van der Waals surface area (Å²) in [5.41, 5.74) is 0.985. The third-order valence-electron chi connectivity index (χ3n) is 5.67. The molecule has 1 saturated heterocycles. The number of carbonyl (C=O) groups is 3. The van der Waals surface area contributed by atoms with Crippen LogP contribution in [0, 0.1) is 0 Å². The van der Waals surface area contributed by atoms with Crippen LogP contribution < -0.4 is 9.47 Å². The minimum absolute atomic E-state index is 0.00919. The predicted molar refractivity (Wildman–Crippen MR) is 129 cm³/mol. The molecule has 1 heterocycles. The number of likely N-dealkylation sites (tertiary alicyclic amines) is 1. The molecule has 1 amide bonds. The molecule has 0 saturated carbocycles. The Hall–Kier alpha value is -3.33. The zero-order chi connectivity index (χ0) is 24.8. The van der Waals surface area contributed by atoms with E-state index in [-0.39, 0.29) is 24.3 Å². The number of ketones is 1. The fourth-order valence-corrected chi connectivity index (χ4v) is 4.24. The number of aliphatic carboxylic acids is 1. The number of halogens is 1.